The topological polar surface area (TPSA) is 37.4 Å². The summed E-state index contributed by atoms with van der Waals surface area (Å²) in [6, 6.07) is 7.82. The van der Waals surface area contributed by atoms with E-state index in [2.05, 4.69) is 0 Å². The number of amides is 2. The van der Waals surface area contributed by atoms with E-state index in [1.54, 1.807) is 24.3 Å². The minimum Gasteiger partial charge on any atom is -0.268 e. The Kier molecular flexibility index (Phi) is 3.62. The number of carbonyl (C=O) groups is 2. The van der Waals surface area contributed by atoms with Crippen molar-refractivity contribution >= 4 is 63.9 Å². The Morgan fingerprint density at radius 3 is 1.81 bits per heavy atom. The number of hydrogen-bond donors (Lipinski definition) is 0. The van der Waals surface area contributed by atoms with Gasteiger partial charge in [-0.1, -0.05) is 58.5 Å². The summed E-state index contributed by atoms with van der Waals surface area (Å²) >= 11 is 24.0. The first-order valence-corrected chi connectivity index (χ1v) is 7.25. The van der Waals surface area contributed by atoms with Gasteiger partial charge in [-0.05, 0) is 18.2 Å². The maximum absolute atomic E-state index is 12.4. The monoisotopic (exact) mass is 359 g/mol. The van der Waals surface area contributed by atoms with Crippen LogP contribution in [0, 0.1) is 0 Å². The van der Waals surface area contributed by atoms with Gasteiger partial charge in [0.15, 0.2) is 0 Å². The molecule has 1 aliphatic heterocycles. The first-order valence-electron chi connectivity index (χ1n) is 5.74. The average molecular weight is 361 g/mol. The second-order valence-electron chi connectivity index (χ2n) is 4.31. The summed E-state index contributed by atoms with van der Waals surface area (Å²) in [7, 11) is 0. The molecular weight excluding hydrogens is 356 g/mol. The fourth-order valence-corrected chi connectivity index (χ4v) is 3.23. The van der Waals surface area contributed by atoms with Gasteiger partial charge in [0.1, 0.15) is 0 Å². The maximum atomic E-state index is 12.4. The number of fused-ring (bicyclic) bond motifs is 1. The molecule has 2 amide bonds. The zero-order valence-electron chi connectivity index (χ0n) is 10.2. The van der Waals surface area contributed by atoms with Crippen molar-refractivity contribution in [1.82, 2.24) is 0 Å². The summed E-state index contributed by atoms with van der Waals surface area (Å²) in [4.78, 5) is 25.8. The van der Waals surface area contributed by atoms with E-state index in [-0.39, 0.29) is 25.8 Å². The van der Waals surface area contributed by atoms with Crippen molar-refractivity contribution in [3.8, 4) is 0 Å². The molecular formula is C14H5Cl4NO2. The smallest absolute Gasteiger partial charge is 0.266 e. The van der Waals surface area contributed by atoms with Crippen molar-refractivity contribution in [2.24, 2.45) is 0 Å². The predicted octanol–water partition coefficient (Wildman–Crippen LogP) is 5.10. The second-order valence-corrected chi connectivity index (χ2v) is 5.88. The number of hydrogen-bond acceptors (Lipinski definition) is 2. The van der Waals surface area contributed by atoms with Gasteiger partial charge in [-0.2, -0.15) is 0 Å². The fraction of sp³-hybridized carbons (Fsp3) is 0. The van der Waals surface area contributed by atoms with Gasteiger partial charge in [-0.25, -0.2) is 4.90 Å². The molecule has 2 aromatic carbocycles. The van der Waals surface area contributed by atoms with Crippen LogP contribution in [0.1, 0.15) is 20.7 Å². The Bertz CT molecular complexity index is 769. The zero-order valence-corrected chi connectivity index (χ0v) is 13.2. The van der Waals surface area contributed by atoms with E-state index in [0.717, 1.165) is 4.90 Å². The molecule has 0 saturated carbocycles. The van der Waals surface area contributed by atoms with E-state index in [0.29, 0.717) is 11.1 Å². The Labute approximate surface area is 140 Å². The molecule has 7 heteroatoms. The summed E-state index contributed by atoms with van der Waals surface area (Å²) in [6.07, 6.45) is 0. The lowest BCUT2D eigenvalue weighted by Gasteiger charge is -2.18. The van der Waals surface area contributed by atoms with E-state index in [1.165, 1.54) is 6.07 Å². The molecule has 0 radical (unpaired) electrons. The van der Waals surface area contributed by atoms with Crippen LogP contribution in [0.25, 0.3) is 0 Å². The van der Waals surface area contributed by atoms with Crippen LogP contribution in [0.5, 0.6) is 0 Å². The summed E-state index contributed by atoms with van der Waals surface area (Å²) in [5.74, 6) is -1.00. The van der Waals surface area contributed by atoms with Gasteiger partial charge >= 0.3 is 0 Å². The van der Waals surface area contributed by atoms with Crippen LogP contribution in [-0.2, 0) is 0 Å². The van der Waals surface area contributed by atoms with Crippen LogP contribution >= 0.6 is 46.4 Å². The highest BCUT2D eigenvalue weighted by molar-refractivity contribution is 6.52. The summed E-state index contributed by atoms with van der Waals surface area (Å²) < 4.78 is 0. The maximum Gasteiger partial charge on any atom is 0.266 e. The highest BCUT2D eigenvalue weighted by Gasteiger charge is 2.39. The molecule has 3 rings (SSSR count). The van der Waals surface area contributed by atoms with E-state index >= 15 is 0 Å². The number of benzene rings is 2. The highest BCUT2D eigenvalue weighted by Crippen LogP contribution is 2.45. The van der Waals surface area contributed by atoms with Crippen LogP contribution in [-0.4, -0.2) is 11.8 Å². The molecule has 0 atom stereocenters. The molecule has 0 aliphatic carbocycles. The molecule has 0 N–H and O–H groups in total. The van der Waals surface area contributed by atoms with Crippen molar-refractivity contribution in [2.45, 2.75) is 0 Å². The number of imide groups is 1. The molecule has 0 fully saturated rings. The molecule has 1 heterocycles. The number of carbonyl (C=O) groups excluding carboxylic acids is 2. The molecule has 0 saturated heterocycles. The minimum atomic E-state index is -0.502. The van der Waals surface area contributed by atoms with Gasteiger partial charge in [0.25, 0.3) is 11.8 Å². The van der Waals surface area contributed by atoms with E-state index in [9.17, 15) is 9.59 Å². The number of rotatable bonds is 1. The Balaban J connectivity index is 2.23. The number of anilines is 1. The van der Waals surface area contributed by atoms with Gasteiger partial charge < -0.3 is 0 Å². The largest absolute Gasteiger partial charge is 0.268 e. The Morgan fingerprint density at radius 1 is 0.762 bits per heavy atom. The standard InChI is InChI=1S/C14H5Cl4NO2/c15-8-5-9(16)12(11(18)10(8)17)19-13(20)6-3-1-2-4-7(6)14(19)21/h1-5H. The first-order chi connectivity index (χ1) is 9.93. The molecule has 0 aromatic heterocycles. The SMILES string of the molecule is O=C1c2ccccc2C(=O)N1c1c(Cl)cc(Cl)c(Cl)c1Cl. The van der Waals surface area contributed by atoms with Crippen molar-refractivity contribution in [1.29, 1.82) is 0 Å². The van der Waals surface area contributed by atoms with Gasteiger partial charge in [-0.15, -0.1) is 0 Å². The highest BCUT2D eigenvalue weighted by atomic mass is 35.5. The quantitative estimate of drug-likeness (QED) is 0.403. The molecule has 2 aromatic rings. The molecule has 106 valence electrons. The Hall–Kier alpha value is -1.26. The molecule has 0 bridgehead atoms. The average Bonchev–Trinajstić information content (AvgIpc) is 2.71. The van der Waals surface area contributed by atoms with Crippen molar-refractivity contribution in [3.63, 3.8) is 0 Å². The number of halogens is 4. The van der Waals surface area contributed by atoms with Gasteiger partial charge in [0.2, 0.25) is 0 Å². The summed E-state index contributed by atoms with van der Waals surface area (Å²) in [5.41, 5.74) is 0.625. The zero-order chi connectivity index (χ0) is 15.3. The lowest BCUT2D eigenvalue weighted by molar-refractivity contribution is 0.0926. The van der Waals surface area contributed by atoms with Crippen LogP contribution in [0.15, 0.2) is 30.3 Å². The number of nitrogens with zero attached hydrogens (tertiary/aromatic N) is 1. The fourth-order valence-electron chi connectivity index (χ4n) is 2.15. The molecule has 3 nitrogen and oxygen atoms in total. The lowest BCUT2D eigenvalue weighted by atomic mass is 10.1. The van der Waals surface area contributed by atoms with E-state index in [1.807, 2.05) is 0 Å². The summed E-state index contributed by atoms with van der Waals surface area (Å²) in [5, 5.41) is 0.217. The lowest BCUT2D eigenvalue weighted by Crippen LogP contribution is -2.30. The van der Waals surface area contributed by atoms with Crippen LogP contribution < -0.4 is 4.90 Å². The predicted molar refractivity (Wildman–Crippen MR) is 84.1 cm³/mol. The summed E-state index contributed by atoms with van der Waals surface area (Å²) in [6.45, 7) is 0. The molecule has 0 spiro atoms. The van der Waals surface area contributed by atoms with Gasteiger partial charge in [0, 0.05) is 0 Å². The minimum absolute atomic E-state index is 0.0364. The third kappa shape index (κ3) is 2.12. The Morgan fingerprint density at radius 2 is 1.29 bits per heavy atom. The van der Waals surface area contributed by atoms with Crippen molar-refractivity contribution in [2.75, 3.05) is 4.90 Å². The van der Waals surface area contributed by atoms with Crippen LogP contribution in [0.3, 0.4) is 0 Å². The van der Waals surface area contributed by atoms with Crippen molar-refractivity contribution in [3.05, 3.63) is 61.5 Å². The molecule has 0 unspecified atom stereocenters. The second kappa shape index (κ2) is 5.18. The van der Waals surface area contributed by atoms with Gasteiger partial charge in [-0.3, -0.25) is 9.59 Å². The van der Waals surface area contributed by atoms with E-state index < -0.39 is 11.8 Å². The normalized spacial score (nSPS) is 13.8. The first kappa shape index (κ1) is 14.7. The van der Waals surface area contributed by atoms with E-state index in [4.69, 9.17) is 46.4 Å². The molecule has 21 heavy (non-hydrogen) atoms. The van der Waals surface area contributed by atoms with Crippen molar-refractivity contribution < 1.29 is 9.59 Å². The third-order valence-corrected chi connectivity index (χ3v) is 4.65. The van der Waals surface area contributed by atoms with Crippen LogP contribution in [0.4, 0.5) is 5.69 Å². The van der Waals surface area contributed by atoms with Gasteiger partial charge in [0.05, 0.1) is 36.9 Å². The third-order valence-electron chi connectivity index (χ3n) is 3.11. The van der Waals surface area contributed by atoms with Crippen LogP contribution in [0.2, 0.25) is 20.1 Å². The molecule has 1 aliphatic rings.